The lowest BCUT2D eigenvalue weighted by Gasteiger charge is -2.20. The summed E-state index contributed by atoms with van der Waals surface area (Å²) < 4.78 is 5.96. The third-order valence-corrected chi connectivity index (χ3v) is 8.58. The summed E-state index contributed by atoms with van der Waals surface area (Å²) in [6.07, 6.45) is 7.86. The number of carbonyl (C=O) groups excluding carboxylic acids is 2. The predicted octanol–water partition coefficient (Wildman–Crippen LogP) is 6.09. The first kappa shape index (κ1) is 29.6. The van der Waals surface area contributed by atoms with Gasteiger partial charge in [-0.1, -0.05) is 68.5 Å². The summed E-state index contributed by atoms with van der Waals surface area (Å²) in [5, 5.41) is 11.3. The van der Waals surface area contributed by atoms with Gasteiger partial charge in [-0.15, -0.1) is 0 Å². The van der Waals surface area contributed by atoms with Gasteiger partial charge in [-0.3, -0.25) is 9.59 Å². The number of para-hydroxylation sites is 1. The molecule has 6 rings (SSSR count). The van der Waals surface area contributed by atoms with Crippen molar-refractivity contribution >= 4 is 29.0 Å². The number of benzene rings is 4. The first-order valence-corrected chi connectivity index (χ1v) is 15.8. The molecule has 4 aromatic rings. The molecule has 44 heavy (non-hydrogen) atoms. The normalized spacial score (nSPS) is 13.4. The zero-order valence-electron chi connectivity index (χ0n) is 25.6. The van der Waals surface area contributed by atoms with E-state index in [1.165, 1.54) is 26.8 Å². The quantitative estimate of drug-likeness (QED) is 0.165. The van der Waals surface area contributed by atoms with Crippen molar-refractivity contribution in [3.8, 4) is 5.75 Å². The van der Waals surface area contributed by atoms with E-state index in [4.69, 9.17) is 4.74 Å². The van der Waals surface area contributed by atoms with Gasteiger partial charge in [0.05, 0.1) is 12.2 Å². The molecule has 0 fully saturated rings. The number of amides is 1. The topological polar surface area (TPSA) is 67.4 Å². The number of carbonyl (C=O) groups is 2. The van der Waals surface area contributed by atoms with Crippen LogP contribution in [0.15, 0.2) is 84.9 Å². The van der Waals surface area contributed by atoms with Gasteiger partial charge in [0, 0.05) is 22.9 Å². The number of Topliss-reactive ketones (excluding diaryl/α,β-unsaturated/α-hetero) is 1. The molecular weight excluding hydrogens is 544 g/mol. The van der Waals surface area contributed by atoms with Crippen molar-refractivity contribution in [2.75, 3.05) is 18.5 Å². The van der Waals surface area contributed by atoms with E-state index in [0.717, 1.165) is 55.9 Å². The number of nitrogens with one attached hydrogen (secondary N) is 2. The first-order valence-electron chi connectivity index (χ1n) is 15.8. The molecule has 2 N–H and O–H groups in total. The van der Waals surface area contributed by atoms with Gasteiger partial charge in [0.25, 0.3) is 5.91 Å². The number of anilines is 1. The lowest BCUT2D eigenvalue weighted by molar-refractivity contribution is 0.102. The number of hydrogen-bond acceptors (Lipinski definition) is 4. The summed E-state index contributed by atoms with van der Waals surface area (Å²) in [5.41, 5.74) is 5.33. The molecule has 0 saturated heterocycles. The number of hydrogen-bond donors (Lipinski definition) is 2. The van der Waals surface area contributed by atoms with Gasteiger partial charge in [0.2, 0.25) is 0 Å². The molecular formula is C39H40N2O3. The molecule has 5 nitrogen and oxygen atoms in total. The molecule has 224 valence electrons. The molecule has 0 radical (unpaired) electrons. The smallest absolute Gasteiger partial charge is 0.259 e. The van der Waals surface area contributed by atoms with Gasteiger partial charge in [-0.25, -0.2) is 0 Å². The Hall–Kier alpha value is -4.48. The summed E-state index contributed by atoms with van der Waals surface area (Å²) >= 11 is 0. The van der Waals surface area contributed by atoms with Crippen molar-refractivity contribution in [3.63, 3.8) is 0 Å². The van der Waals surface area contributed by atoms with Crippen LogP contribution in [0.25, 0.3) is 11.6 Å². The molecule has 0 atom stereocenters. The molecule has 0 aliphatic heterocycles. The molecule has 0 aromatic heterocycles. The molecule has 0 saturated carbocycles. The summed E-state index contributed by atoms with van der Waals surface area (Å²) in [5.74, 6) is 0.399. The van der Waals surface area contributed by atoms with Gasteiger partial charge in [0.15, 0.2) is 5.78 Å². The van der Waals surface area contributed by atoms with Crippen molar-refractivity contribution in [1.29, 1.82) is 0 Å². The Morgan fingerprint density at radius 3 is 2.41 bits per heavy atom. The molecule has 0 unspecified atom stereocenters. The average Bonchev–Trinajstić information content (AvgIpc) is 3.05. The van der Waals surface area contributed by atoms with Crippen molar-refractivity contribution in [3.05, 3.63) is 128 Å². The summed E-state index contributed by atoms with van der Waals surface area (Å²) in [4.78, 5) is 26.9. The second-order valence-corrected chi connectivity index (χ2v) is 12.0. The number of rotatable bonds is 11. The second kappa shape index (κ2) is 13.4. The van der Waals surface area contributed by atoms with Crippen LogP contribution in [-0.2, 0) is 12.8 Å². The zero-order valence-corrected chi connectivity index (χ0v) is 25.6. The molecule has 0 spiro atoms. The highest BCUT2D eigenvalue weighted by Gasteiger charge is 2.21. The van der Waals surface area contributed by atoms with Crippen LogP contribution >= 0.6 is 0 Å². The number of ketones is 1. The minimum absolute atomic E-state index is 0.0614. The van der Waals surface area contributed by atoms with Crippen molar-refractivity contribution < 1.29 is 14.3 Å². The monoisotopic (exact) mass is 584 g/mol. The van der Waals surface area contributed by atoms with E-state index >= 15 is 0 Å². The molecule has 0 heterocycles. The van der Waals surface area contributed by atoms with Crippen LogP contribution in [0.4, 0.5) is 5.69 Å². The first-order chi connectivity index (χ1) is 21.5. The van der Waals surface area contributed by atoms with Crippen LogP contribution in [0.5, 0.6) is 5.75 Å². The van der Waals surface area contributed by atoms with Crippen LogP contribution in [0.2, 0.25) is 0 Å². The van der Waals surface area contributed by atoms with E-state index in [0.29, 0.717) is 35.2 Å². The predicted molar refractivity (Wildman–Crippen MR) is 177 cm³/mol. The van der Waals surface area contributed by atoms with Crippen LogP contribution in [0.3, 0.4) is 0 Å². The van der Waals surface area contributed by atoms with Gasteiger partial charge < -0.3 is 15.4 Å². The van der Waals surface area contributed by atoms with E-state index < -0.39 is 0 Å². The molecule has 1 amide bonds. The number of ether oxygens (including phenoxy) is 1. The molecule has 0 bridgehead atoms. The zero-order chi connectivity index (χ0) is 30.5. The van der Waals surface area contributed by atoms with Gasteiger partial charge in [-0.05, 0) is 113 Å². The third kappa shape index (κ3) is 6.39. The van der Waals surface area contributed by atoms with Gasteiger partial charge in [-0.2, -0.15) is 0 Å². The lowest BCUT2D eigenvalue weighted by Crippen LogP contribution is -2.25. The third-order valence-electron chi connectivity index (χ3n) is 8.58. The molecule has 2 aliphatic rings. The fourth-order valence-electron chi connectivity index (χ4n) is 6.35. The molecule has 5 heteroatoms. The molecule has 2 aliphatic carbocycles. The van der Waals surface area contributed by atoms with Crippen molar-refractivity contribution in [2.24, 2.45) is 0 Å². The fourth-order valence-corrected chi connectivity index (χ4v) is 6.35. The fraction of sp³-hybridized carbons (Fsp3) is 0.282. The van der Waals surface area contributed by atoms with Crippen LogP contribution in [0, 0.1) is 10.4 Å². The van der Waals surface area contributed by atoms with E-state index in [9.17, 15) is 9.59 Å². The highest BCUT2D eigenvalue weighted by molar-refractivity contribution is 6.24. The minimum Gasteiger partial charge on any atom is -0.493 e. The minimum atomic E-state index is -0.236. The Balaban J connectivity index is 1.17. The Bertz CT molecular complexity index is 1910. The van der Waals surface area contributed by atoms with Crippen LogP contribution < -0.4 is 25.8 Å². The van der Waals surface area contributed by atoms with Gasteiger partial charge >= 0.3 is 0 Å². The Morgan fingerprint density at radius 2 is 1.57 bits per heavy atom. The summed E-state index contributed by atoms with van der Waals surface area (Å²) in [7, 11) is 0. The largest absolute Gasteiger partial charge is 0.493 e. The van der Waals surface area contributed by atoms with E-state index in [2.05, 4.69) is 67.0 Å². The van der Waals surface area contributed by atoms with Gasteiger partial charge in [0.1, 0.15) is 5.75 Å². The second-order valence-electron chi connectivity index (χ2n) is 12.0. The van der Waals surface area contributed by atoms with E-state index in [1.54, 1.807) is 18.2 Å². The summed E-state index contributed by atoms with van der Waals surface area (Å²) in [6, 6.07) is 27.9. The van der Waals surface area contributed by atoms with Crippen molar-refractivity contribution in [2.45, 2.75) is 58.4 Å². The van der Waals surface area contributed by atoms with Crippen LogP contribution in [-0.4, -0.2) is 30.9 Å². The maximum absolute atomic E-state index is 13.8. The Morgan fingerprint density at radius 1 is 0.795 bits per heavy atom. The van der Waals surface area contributed by atoms with Crippen molar-refractivity contribution in [1.82, 2.24) is 5.32 Å². The number of unbranched alkanes of at least 4 members (excludes halogenated alkanes) is 1. The standard InChI is InChI=1S/C39H40N2O3/c1-26(2)40-24-7-8-25-44-37-15-6-5-12-36(37)39(43)41-29-19-16-28(17-20-29)38(42)35-14-9-13-31-33-21-18-27-10-3-4-11-30(27)32(33)22-23-34(31)35/h3-6,10-12,15-20,22-23,26,40H,7-9,13-14,21,24-25H2,1-2H3,(H,41,43). The SMILES string of the molecule is CC(C)NCCCCOc1ccccc1C(=O)Nc1ccc(C(=O)C2=c3ccc4c(c3CCC2)CC=c2ccccc2=4)cc1. The molecule has 4 aromatic carbocycles. The maximum Gasteiger partial charge on any atom is 0.259 e. The summed E-state index contributed by atoms with van der Waals surface area (Å²) in [6.45, 7) is 5.77. The lowest BCUT2D eigenvalue weighted by atomic mass is 9.84. The maximum atomic E-state index is 13.8. The van der Waals surface area contributed by atoms with Crippen LogP contribution in [0.1, 0.15) is 71.4 Å². The average molecular weight is 585 g/mol. The number of fused-ring (bicyclic) bond motifs is 4. The van der Waals surface area contributed by atoms with E-state index in [-0.39, 0.29) is 11.7 Å². The van der Waals surface area contributed by atoms with E-state index in [1.807, 2.05) is 30.3 Å². The Kier molecular flexibility index (Phi) is 9.04. The highest BCUT2D eigenvalue weighted by atomic mass is 16.5. The highest BCUT2D eigenvalue weighted by Crippen LogP contribution is 2.25. The Labute approximate surface area is 259 Å².